The first-order chi connectivity index (χ1) is 1.73. The van der Waals surface area contributed by atoms with Gasteiger partial charge in [0.05, 0.1) is 0 Å². The number of rotatable bonds is 0. The molecule has 0 heterocycles. The molecule has 0 fully saturated rings. The molecule has 34 valence electrons. The van der Waals surface area contributed by atoms with E-state index in [1.165, 1.54) is 0 Å². The monoisotopic (exact) mass is 256 g/mol. The zero-order valence-electron chi connectivity index (χ0n) is 2.76. The normalized spacial score (nSPS) is 4.00. The summed E-state index contributed by atoms with van der Waals surface area (Å²) in [6.45, 7) is 0. The molecular formula is CH2LaMnO3. The van der Waals surface area contributed by atoms with E-state index in [4.69, 9.17) is 15.0 Å². The number of carbonyl (C=O) groups is 1. The van der Waals surface area contributed by atoms with Gasteiger partial charge in [-0.3, -0.25) is 0 Å². The molecule has 3 nitrogen and oxygen atoms in total. The third-order valence-electron chi connectivity index (χ3n) is 0. The van der Waals surface area contributed by atoms with E-state index in [-0.39, 0.29) is 52.7 Å². The Hall–Kier alpha value is 0.984. The van der Waals surface area contributed by atoms with Crippen molar-refractivity contribution in [3.8, 4) is 0 Å². The van der Waals surface area contributed by atoms with E-state index in [0.29, 0.717) is 0 Å². The quantitative estimate of drug-likeness (QED) is 0.609. The van der Waals surface area contributed by atoms with E-state index in [2.05, 4.69) is 0 Å². The van der Waals surface area contributed by atoms with Gasteiger partial charge in [-0.05, 0) is 0 Å². The Kier molecular flexibility index (Phi) is 24.6. The third kappa shape index (κ3) is 81.7. The molecule has 0 bridgehead atoms. The van der Waals surface area contributed by atoms with Crippen molar-refractivity contribution in [1.82, 2.24) is 0 Å². The Bertz CT molecular complexity index is 33.8. The Balaban J connectivity index is -0.0000000450. The first-order valence-corrected chi connectivity index (χ1v) is 0.651. The van der Waals surface area contributed by atoms with Crippen molar-refractivity contribution in [1.29, 1.82) is 0 Å². The SMILES string of the molecule is O=C(O)O.[La].[Mn]. The molecule has 0 aromatic carbocycles. The first kappa shape index (κ1) is 15.8. The van der Waals surface area contributed by atoms with Crippen molar-refractivity contribution in [3.05, 3.63) is 0 Å². The average molecular weight is 256 g/mol. The Labute approximate surface area is 73.2 Å². The van der Waals surface area contributed by atoms with Gasteiger partial charge in [0.1, 0.15) is 0 Å². The molecular weight excluding hydrogens is 254 g/mol. The van der Waals surface area contributed by atoms with Crippen molar-refractivity contribution in [2.24, 2.45) is 0 Å². The van der Waals surface area contributed by atoms with Gasteiger partial charge in [-0.25, -0.2) is 4.79 Å². The molecule has 0 amide bonds. The van der Waals surface area contributed by atoms with Gasteiger partial charge < -0.3 is 10.2 Å². The maximum atomic E-state index is 8.56. The fraction of sp³-hybridized carbons (Fsp3) is 0. The summed E-state index contributed by atoms with van der Waals surface area (Å²) in [6, 6.07) is 0. The molecule has 0 spiro atoms. The summed E-state index contributed by atoms with van der Waals surface area (Å²) >= 11 is 0. The molecule has 0 saturated carbocycles. The summed E-state index contributed by atoms with van der Waals surface area (Å²) in [7, 11) is 0. The van der Waals surface area contributed by atoms with E-state index in [0.717, 1.165) is 0 Å². The minimum atomic E-state index is -1.83. The molecule has 0 saturated heterocycles. The summed E-state index contributed by atoms with van der Waals surface area (Å²) in [5.41, 5.74) is 0. The molecule has 5 heteroatoms. The van der Waals surface area contributed by atoms with Crippen LogP contribution in [0.4, 0.5) is 4.79 Å². The maximum absolute atomic E-state index is 8.56. The summed E-state index contributed by atoms with van der Waals surface area (Å²) in [4.78, 5) is 8.56. The van der Waals surface area contributed by atoms with Crippen molar-refractivity contribution in [2.45, 2.75) is 0 Å². The van der Waals surface area contributed by atoms with Crippen LogP contribution in [0.5, 0.6) is 0 Å². The Morgan fingerprint density at radius 1 is 1.33 bits per heavy atom. The van der Waals surface area contributed by atoms with Crippen molar-refractivity contribution in [2.75, 3.05) is 0 Å². The Morgan fingerprint density at radius 2 is 1.33 bits per heavy atom. The van der Waals surface area contributed by atoms with Crippen LogP contribution in [0.2, 0.25) is 0 Å². The standard InChI is InChI=1S/CH2O3.La.Mn/c2-1(3)4;;/h(H2,2,3,4);;. The minimum Gasteiger partial charge on any atom is -0.450 e. The predicted octanol–water partition coefficient (Wildman–Crippen LogP) is 0.220. The minimum absolute atomic E-state index is 0. The fourth-order valence-corrected chi connectivity index (χ4v) is 0. The van der Waals surface area contributed by atoms with Gasteiger partial charge in [0.15, 0.2) is 0 Å². The van der Waals surface area contributed by atoms with Crippen LogP contribution in [0.1, 0.15) is 0 Å². The summed E-state index contributed by atoms with van der Waals surface area (Å²) < 4.78 is 0. The van der Waals surface area contributed by atoms with E-state index in [9.17, 15) is 0 Å². The van der Waals surface area contributed by atoms with Gasteiger partial charge in [-0.1, -0.05) is 0 Å². The average Bonchev–Trinajstić information content (AvgIpc) is 0.811. The van der Waals surface area contributed by atoms with Crippen molar-refractivity contribution < 1.29 is 67.7 Å². The molecule has 0 aromatic rings. The van der Waals surface area contributed by atoms with Gasteiger partial charge in [-0.15, -0.1) is 0 Å². The van der Waals surface area contributed by atoms with Crippen LogP contribution in [0.15, 0.2) is 0 Å². The van der Waals surface area contributed by atoms with Crippen LogP contribution >= 0.6 is 0 Å². The molecule has 0 aromatic heterocycles. The van der Waals surface area contributed by atoms with Gasteiger partial charge in [0.2, 0.25) is 0 Å². The van der Waals surface area contributed by atoms with E-state index < -0.39 is 6.16 Å². The molecule has 0 aliphatic carbocycles. The van der Waals surface area contributed by atoms with Crippen LogP contribution in [0.3, 0.4) is 0 Å². The molecule has 0 aliphatic rings. The van der Waals surface area contributed by atoms with E-state index in [1.807, 2.05) is 0 Å². The zero-order chi connectivity index (χ0) is 3.58. The molecule has 0 aliphatic heterocycles. The first-order valence-electron chi connectivity index (χ1n) is 0.651. The fourth-order valence-electron chi connectivity index (χ4n) is 0. The third-order valence-corrected chi connectivity index (χ3v) is 0. The van der Waals surface area contributed by atoms with Gasteiger partial charge in [0.25, 0.3) is 0 Å². The Morgan fingerprint density at radius 3 is 1.33 bits per heavy atom. The zero-order valence-corrected chi connectivity index (χ0v) is 7.56. The molecule has 2 radical (unpaired) electrons. The molecule has 0 unspecified atom stereocenters. The second kappa shape index (κ2) is 9.37. The summed E-state index contributed by atoms with van der Waals surface area (Å²) in [5.74, 6) is 0. The second-order valence-electron chi connectivity index (χ2n) is 0.283. The number of hydrogen-bond acceptors (Lipinski definition) is 1. The molecule has 0 atom stereocenters. The van der Waals surface area contributed by atoms with Crippen LogP contribution in [0.25, 0.3) is 0 Å². The molecule has 6 heavy (non-hydrogen) atoms. The summed E-state index contributed by atoms with van der Waals surface area (Å²) in [6.07, 6.45) is -1.83. The number of carboxylic acid groups (broad SMARTS) is 2. The van der Waals surface area contributed by atoms with E-state index >= 15 is 0 Å². The van der Waals surface area contributed by atoms with Crippen LogP contribution in [-0.4, -0.2) is 16.4 Å². The maximum Gasteiger partial charge on any atom is 0.503 e. The summed E-state index contributed by atoms with van der Waals surface area (Å²) in [5, 5.41) is 13.9. The van der Waals surface area contributed by atoms with Gasteiger partial charge >= 0.3 is 6.16 Å². The van der Waals surface area contributed by atoms with Crippen LogP contribution in [-0.2, 0) is 17.1 Å². The predicted molar refractivity (Wildman–Crippen MR) is 10.7 cm³/mol. The number of hydrogen-bond donors (Lipinski definition) is 2. The molecule has 2 N–H and O–H groups in total. The van der Waals surface area contributed by atoms with Crippen molar-refractivity contribution in [3.63, 3.8) is 0 Å². The second-order valence-corrected chi connectivity index (χ2v) is 0.283. The van der Waals surface area contributed by atoms with Gasteiger partial charge in [-0.2, -0.15) is 0 Å². The van der Waals surface area contributed by atoms with Crippen LogP contribution < -0.4 is 0 Å². The van der Waals surface area contributed by atoms with Crippen molar-refractivity contribution >= 4 is 6.16 Å². The smallest absolute Gasteiger partial charge is 0.450 e. The largest absolute Gasteiger partial charge is 0.503 e. The van der Waals surface area contributed by atoms with Gasteiger partial charge in [0, 0.05) is 52.7 Å². The van der Waals surface area contributed by atoms with E-state index in [1.54, 1.807) is 0 Å². The molecule has 0 rings (SSSR count). The van der Waals surface area contributed by atoms with Crippen LogP contribution in [0, 0.1) is 35.6 Å². The topological polar surface area (TPSA) is 57.5 Å².